The molecule has 0 unspecified atom stereocenters. The molecule has 0 aliphatic heterocycles. The van der Waals surface area contributed by atoms with Crippen LogP contribution >= 0.6 is 11.8 Å². The Morgan fingerprint density at radius 2 is 1.87 bits per heavy atom. The summed E-state index contributed by atoms with van der Waals surface area (Å²) < 4.78 is 16.3. The van der Waals surface area contributed by atoms with Crippen LogP contribution in [0.4, 0.5) is 0 Å². The van der Waals surface area contributed by atoms with Crippen LogP contribution in [0.15, 0.2) is 53.4 Å². The molecule has 1 N–H and O–H groups in total. The van der Waals surface area contributed by atoms with Gasteiger partial charge in [-0.1, -0.05) is 36.1 Å². The van der Waals surface area contributed by atoms with Gasteiger partial charge in [0.05, 0.1) is 7.11 Å². The second kappa shape index (κ2) is 13.2. The summed E-state index contributed by atoms with van der Waals surface area (Å²) in [5.74, 6) is 6.32. The molecule has 156 valence electrons. The van der Waals surface area contributed by atoms with E-state index >= 15 is 0 Å². The van der Waals surface area contributed by atoms with Crippen LogP contribution in [0.2, 0.25) is 0 Å². The van der Waals surface area contributed by atoms with E-state index in [0.29, 0.717) is 30.2 Å². The van der Waals surface area contributed by atoms with Crippen LogP contribution in [-0.2, 0) is 16.0 Å². The highest BCUT2D eigenvalue weighted by Crippen LogP contribution is 2.28. The molecule has 6 heteroatoms. The first-order valence-electron chi connectivity index (χ1n) is 9.41. The van der Waals surface area contributed by atoms with Crippen molar-refractivity contribution in [2.45, 2.75) is 17.4 Å². The molecule has 0 aliphatic carbocycles. The summed E-state index contributed by atoms with van der Waals surface area (Å²) in [7, 11) is 1.57. The van der Waals surface area contributed by atoms with Crippen molar-refractivity contribution in [3.63, 3.8) is 0 Å². The SMILES string of the molecule is C#CCOc1ccc(CCNC(=O)[C@@H](CSc2ccccc2)OCC#C)cc1OC. The smallest absolute Gasteiger partial charge is 0.250 e. The van der Waals surface area contributed by atoms with Crippen molar-refractivity contribution in [2.75, 3.05) is 32.6 Å². The number of benzene rings is 2. The molecule has 0 bridgehead atoms. The van der Waals surface area contributed by atoms with Gasteiger partial charge in [-0.15, -0.1) is 24.6 Å². The molecular formula is C24H25NO4S. The topological polar surface area (TPSA) is 56.8 Å². The third-order valence-corrected chi connectivity index (χ3v) is 5.13. The maximum absolute atomic E-state index is 12.6. The minimum Gasteiger partial charge on any atom is -0.493 e. The van der Waals surface area contributed by atoms with Crippen molar-refractivity contribution in [2.24, 2.45) is 0 Å². The lowest BCUT2D eigenvalue weighted by Crippen LogP contribution is -2.39. The van der Waals surface area contributed by atoms with Crippen molar-refractivity contribution in [1.29, 1.82) is 0 Å². The van der Waals surface area contributed by atoms with Gasteiger partial charge in [0.1, 0.15) is 19.3 Å². The normalized spacial score (nSPS) is 11.0. The van der Waals surface area contributed by atoms with Crippen LogP contribution in [0.5, 0.6) is 11.5 Å². The zero-order valence-electron chi connectivity index (χ0n) is 16.9. The number of thioether (sulfide) groups is 1. The summed E-state index contributed by atoms with van der Waals surface area (Å²) in [4.78, 5) is 13.6. The molecule has 0 aromatic heterocycles. The van der Waals surface area contributed by atoms with Crippen molar-refractivity contribution in [3.05, 3.63) is 54.1 Å². The molecular weight excluding hydrogens is 398 g/mol. The van der Waals surface area contributed by atoms with Gasteiger partial charge in [-0.25, -0.2) is 0 Å². The van der Waals surface area contributed by atoms with E-state index in [1.54, 1.807) is 18.9 Å². The molecule has 0 spiro atoms. The quantitative estimate of drug-likeness (QED) is 0.420. The number of hydrogen-bond donors (Lipinski definition) is 1. The molecule has 1 amide bonds. The molecule has 30 heavy (non-hydrogen) atoms. The lowest BCUT2D eigenvalue weighted by atomic mass is 10.1. The number of nitrogens with one attached hydrogen (secondary N) is 1. The predicted molar refractivity (Wildman–Crippen MR) is 120 cm³/mol. The largest absolute Gasteiger partial charge is 0.493 e. The second-order valence-electron chi connectivity index (χ2n) is 6.15. The van der Waals surface area contributed by atoms with Crippen LogP contribution in [0.25, 0.3) is 0 Å². The fourth-order valence-corrected chi connectivity index (χ4v) is 3.53. The van der Waals surface area contributed by atoms with Gasteiger partial charge < -0.3 is 19.5 Å². The molecule has 0 fully saturated rings. The Kier molecular flexibility index (Phi) is 10.2. The summed E-state index contributed by atoms with van der Waals surface area (Å²) in [6, 6.07) is 15.4. The number of ether oxygens (including phenoxy) is 3. The van der Waals surface area contributed by atoms with Crippen LogP contribution in [0, 0.1) is 24.7 Å². The van der Waals surface area contributed by atoms with E-state index in [1.165, 1.54) is 0 Å². The monoisotopic (exact) mass is 423 g/mol. The highest BCUT2D eigenvalue weighted by Gasteiger charge is 2.19. The summed E-state index contributed by atoms with van der Waals surface area (Å²) >= 11 is 1.55. The van der Waals surface area contributed by atoms with E-state index < -0.39 is 6.10 Å². The highest BCUT2D eigenvalue weighted by molar-refractivity contribution is 7.99. The Hall–Kier alpha value is -3.06. The Bertz CT molecular complexity index is 886. The van der Waals surface area contributed by atoms with Crippen molar-refractivity contribution in [3.8, 4) is 36.2 Å². The Morgan fingerprint density at radius 3 is 2.57 bits per heavy atom. The number of methoxy groups -OCH3 is 1. The summed E-state index contributed by atoms with van der Waals surface area (Å²) in [6.45, 7) is 0.716. The van der Waals surface area contributed by atoms with Crippen LogP contribution in [-0.4, -0.2) is 44.6 Å². The average molecular weight is 424 g/mol. The van der Waals surface area contributed by atoms with Crippen molar-refractivity contribution < 1.29 is 19.0 Å². The van der Waals surface area contributed by atoms with E-state index in [4.69, 9.17) is 27.1 Å². The number of hydrogen-bond acceptors (Lipinski definition) is 5. The predicted octanol–water partition coefficient (Wildman–Crippen LogP) is 3.18. The lowest BCUT2D eigenvalue weighted by Gasteiger charge is -2.16. The number of rotatable bonds is 12. The Labute approximate surface area is 182 Å². The number of terminal acetylenes is 2. The standard InChI is InChI=1S/C24H25NO4S/c1-4-15-28-21-12-11-19(17-22(21)27-3)13-14-25-24(26)23(29-16-5-2)18-30-20-9-7-6-8-10-20/h1-2,6-12,17,23H,13-16,18H2,3H3,(H,25,26)/t23-/m1/s1. The van der Waals surface area contributed by atoms with Gasteiger partial charge in [-0.2, -0.15) is 0 Å². The van der Waals surface area contributed by atoms with Gasteiger partial charge >= 0.3 is 0 Å². The zero-order valence-corrected chi connectivity index (χ0v) is 17.7. The average Bonchev–Trinajstić information content (AvgIpc) is 2.78. The Morgan fingerprint density at radius 1 is 1.10 bits per heavy atom. The molecule has 2 aromatic carbocycles. The van der Waals surface area contributed by atoms with Gasteiger partial charge in [0, 0.05) is 17.2 Å². The van der Waals surface area contributed by atoms with Gasteiger partial charge in [0.15, 0.2) is 11.5 Å². The molecule has 2 aromatic rings. The second-order valence-corrected chi connectivity index (χ2v) is 7.24. The molecule has 0 radical (unpaired) electrons. The number of amides is 1. The van der Waals surface area contributed by atoms with E-state index in [1.807, 2.05) is 48.5 Å². The van der Waals surface area contributed by atoms with Gasteiger partial charge in [0.2, 0.25) is 5.91 Å². The van der Waals surface area contributed by atoms with Crippen LogP contribution in [0.3, 0.4) is 0 Å². The van der Waals surface area contributed by atoms with E-state index in [9.17, 15) is 4.79 Å². The van der Waals surface area contributed by atoms with E-state index in [-0.39, 0.29) is 19.1 Å². The molecule has 5 nitrogen and oxygen atoms in total. The lowest BCUT2D eigenvalue weighted by molar-refractivity contribution is -0.130. The minimum atomic E-state index is -0.625. The number of carbonyl (C=O) groups excluding carboxylic acids is 1. The third kappa shape index (κ3) is 7.75. The van der Waals surface area contributed by atoms with E-state index in [0.717, 1.165) is 10.5 Å². The fourth-order valence-electron chi connectivity index (χ4n) is 2.59. The summed E-state index contributed by atoms with van der Waals surface area (Å²) in [6.07, 6.45) is 10.5. The minimum absolute atomic E-state index is 0.0871. The number of carbonyl (C=O) groups is 1. The Balaban J connectivity index is 1.88. The van der Waals surface area contributed by atoms with Crippen LogP contribution < -0.4 is 14.8 Å². The van der Waals surface area contributed by atoms with Crippen molar-refractivity contribution in [1.82, 2.24) is 5.32 Å². The summed E-state index contributed by atoms with van der Waals surface area (Å²) in [5.41, 5.74) is 1.000. The van der Waals surface area contributed by atoms with Gasteiger partial charge in [0.25, 0.3) is 0 Å². The maximum Gasteiger partial charge on any atom is 0.250 e. The molecule has 0 aliphatic rings. The van der Waals surface area contributed by atoms with Crippen molar-refractivity contribution >= 4 is 17.7 Å². The maximum atomic E-state index is 12.6. The molecule has 0 heterocycles. The first-order chi connectivity index (χ1) is 14.7. The molecule has 0 saturated carbocycles. The third-order valence-electron chi connectivity index (χ3n) is 4.06. The molecule has 2 rings (SSSR count). The van der Waals surface area contributed by atoms with E-state index in [2.05, 4.69) is 17.2 Å². The van der Waals surface area contributed by atoms with Gasteiger partial charge in [-0.05, 0) is 36.2 Å². The van der Waals surface area contributed by atoms with Crippen LogP contribution in [0.1, 0.15) is 5.56 Å². The first kappa shape index (κ1) is 23.2. The molecule has 0 saturated heterocycles. The first-order valence-corrected chi connectivity index (χ1v) is 10.4. The zero-order chi connectivity index (χ0) is 21.6. The van der Waals surface area contributed by atoms with Gasteiger partial charge in [-0.3, -0.25) is 4.79 Å². The highest BCUT2D eigenvalue weighted by atomic mass is 32.2. The fraction of sp³-hybridized carbons (Fsp3) is 0.292. The molecule has 1 atom stereocenters. The summed E-state index contributed by atoms with van der Waals surface area (Å²) in [5, 5.41) is 2.92.